The Kier molecular flexibility index (Phi) is 6.28. The minimum atomic E-state index is -0.219. The van der Waals surface area contributed by atoms with Crippen LogP contribution in [0.2, 0.25) is 0 Å². The van der Waals surface area contributed by atoms with E-state index in [2.05, 4.69) is 10.6 Å². The Balaban J connectivity index is 1.77. The van der Waals surface area contributed by atoms with Crippen LogP contribution in [0.4, 0.5) is 11.4 Å². The maximum absolute atomic E-state index is 12.7. The van der Waals surface area contributed by atoms with Crippen molar-refractivity contribution in [3.8, 4) is 0 Å². The molecule has 0 saturated carbocycles. The number of anilines is 2. The highest BCUT2D eigenvalue weighted by Crippen LogP contribution is 2.33. The number of carbonyl (C=O) groups is 2. The molecule has 0 radical (unpaired) electrons. The van der Waals surface area contributed by atoms with Gasteiger partial charge < -0.3 is 10.6 Å². The first-order valence-corrected chi connectivity index (χ1v) is 9.50. The standard InChI is InChI=1S/C22H20N2O2S/c1-2-21(25)23-17-10-8-9-16(15-17)22(26)24-19-13-6-7-14-20(19)27-18-11-4-3-5-12-18/h3-15H,2H2,1H3,(H,23,25)(H,24,26). The van der Waals surface area contributed by atoms with Crippen LogP contribution in [0.5, 0.6) is 0 Å². The van der Waals surface area contributed by atoms with E-state index in [-0.39, 0.29) is 11.8 Å². The fourth-order valence-electron chi connectivity index (χ4n) is 2.46. The fourth-order valence-corrected chi connectivity index (χ4v) is 3.38. The van der Waals surface area contributed by atoms with Crippen LogP contribution in [0.1, 0.15) is 23.7 Å². The Morgan fingerprint density at radius 2 is 1.59 bits per heavy atom. The van der Waals surface area contributed by atoms with Crippen molar-refractivity contribution in [2.24, 2.45) is 0 Å². The third-order valence-corrected chi connectivity index (χ3v) is 4.92. The second kappa shape index (κ2) is 9.05. The average Bonchev–Trinajstić information content (AvgIpc) is 2.70. The van der Waals surface area contributed by atoms with Gasteiger partial charge in [-0.15, -0.1) is 0 Å². The van der Waals surface area contributed by atoms with Crippen LogP contribution in [0.3, 0.4) is 0 Å². The normalized spacial score (nSPS) is 10.3. The molecule has 0 bridgehead atoms. The van der Waals surface area contributed by atoms with Gasteiger partial charge in [0.1, 0.15) is 0 Å². The zero-order valence-electron chi connectivity index (χ0n) is 14.9. The zero-order valence-corrected chi connectivity index (χ0v) is 15.8. The van der Waals surface area contributed by atoms with Gasteiger partial charge in [-0.1, -0.05) is 55.1 Å². The smallest absolute Gasteiger partial charge is 0.255 e. The van der Waals surface area contributed by atoms with Gasteiger partial charge in [-0.3, -0.25) is 9.59 Å². The molecular weight excluding hydrogens is 356 g/mol. The highest BCUT2D eigenvalue weighted by atomic mass is 32.2. The van der Waals surface area contributed by atoms with E-state index in [1.165, 1.54) is 0 Å². The highest BCUT2D eigenvalue weighted by Gasteiger charge is 2.11. The van der Waals surface area contributed by atoms with Crippen LogP contribution in [-0.2, 0) is 4.79 Å². The molecule has 0 aliphatic rings. The molecule has 2 amide bonds. The molecule has 0 fully saturated rings. The summed E-state index contributed by atoms with van der Waals surface area (Å²) >= 11 is 1.59. The first-order valence-electron chi connectivity index (χ1n) is 8.69. The summed E-state index contributed by atoms with van der Waals surface area (Å²) in [6.07, 6.45) is 0.389. The molecule has 0 atom stereocenters. The van der Waals surface area contributed by atoms with E-state index in [0.717, 1.165) is 15.5 Å². The molecule has 3 aromatic carbocycles. The molecule has 4 nitrogen and oxygen atoms in total. The first kappa shape index (κ1) is 18.7. The van der Waals surface area contributed by atoms with E-state index in [9.17, 15) is 9.59 Å². The summed E-state index contributed by atoms with van der Waals surface area (Å²) in [5.74, 6) is -0.305. The Hall–Kier alpha value is -3.05. The predicted octanol–water partition coefficient (Wildman–Crippen LogP) is 5.44. The van der Waals surface area contributed by atoms with Crippen molar-refractivity contribution in [3.05, 3.63) is 84.4 Å². The topological polar surface area (TPSA) is 58.2 Å². The van der Waals surface area contributed by atoms with Crippen molar-refractivity contribution >= 4 is 35.0 Å². The number of benzene rings is 3. The number of hydrogen-bond acceptors (Lipinski definition) is 3. The largest absolute Gasteiger partial charge is 0.326 e. The monoisotopic (exact) mass is 376 g/mol. The lowest BCUT2D eigenvalue weighted by Crippen LogP contribution is -2.14. The Morgan fingerprint density at radius 3 is 2.37 bits per heavy atom. The third-order valence-electron chi connectivity index (χ3n) is 3.84. The second-order valence-electron chi connectivity index (χ2n) is 5.85. The quantitative estimate of drug-likeness (QED) is 0.602. The van der Waals surface area contributed by atoms with Crippen molar-refractivity contribution in [1.82, 2.24) is 0 Å². The maximum atomic E-state index is 12.7. The molecule has 0 aliphatic heterocycles. The van der Waals surface area contributed by atoms with Crippen LogP contribution >= 0.6 is 11.8 Å². The van der Waals surface area contributed by atoms with Gasteiger partial charge >= 0.3 is 0 Å². The van der Waals surface area contributed by atoms with Crippen LogP contribution in [-0.4, -0.2) is 11.8 Å². The van der Waals surface area contributed by atoms with Crippen molar-refractivity contribution in [1.29, 1.82) is 0 Å². The zero-order chi connectivity index (χ0) is 19.1. The van der Waals surface area contributed by atoms with Gasteiger partial charge in [0.2, 0.25) is 5.91 Å². The summed E-state index contributed by atoms with van der Waals surface area (Å²) in [4.78, 5) is 26.3. The highest BCUT2D eigenvalue weighted by molar-refractivity contribution is 7.99. The van der Waals surface area contributed by atoms with Crippen LogP contribution in [0, 0.1) is 0 Å². The minimum absolute atomic E-state index is 0.0860. The SMILES string of the molecule is CCC(=O)Nc1cccc(C(=O)Nc2ccccc2Sc2ccccc2)c1. The van der Waals surface area contributed by atoms with Gasteiger partial charge in [-0.2, -0.15) is 0 Å². The number of para-hydroxylation sites is 1. The summed E-state index contributed by atoms with van der Waals surface area (Å²) in [6, 6.07) is 24.6. The van der Waals surface area contributed by atoms with E-state index >= 15 is 0 Å². The van der Waals surface area contributed by atoms with Gasteiger partial charge in [0.15, 0.2) is 0 Å². The molecule has 3 aromatic rings. The molecule has 3 rings (SSSR count). The van der Waals surface area contributed by atoms with Crippen molar-refractivity contribution in [2.75, 3.05) is 10.6 Å². The van der Waals surface area contributed by atoms with E-state index in [1.54, 1.807) is 43.0 Å². The predicted molar refractivity (Wildman–Crippen MR) is 110 cm³/mol. The van der Waals surface area contributed by atoms with E-state index in [4.69, 9.17) is 0 Å². The summed E-state index contributed by atoms with van der Waals surface area (Å²) in [6.45, 7) is 1.78. The van der Waals surface area contributed by atoms with E-state index < -0.39 is 0 Å². The number of hydrogen-bond donors (Lipinski definition) is 2. The molecule has 27 heavy (non-hydrogen) atoms. The summed E-state index contributed by atoms with van der Waals surface area (Å²) in [5.41, 5.74) is 1.85. The molecule has 0 spiro atoms. The minimum Gasteiger partial charge on any atom is -0.326 e. The molecule has 0 aliphatic carbocycles. The molecule has 0 saturated heterocycles. The summed E-state index contributed by atoms with van der Waals surface area (Å²) in [7, 11) is 0. The number of nitrogens with one attached hydrogen (secondary N) is 2. The Labute approximate surface area is 163 Å². The van der Waals surface area contributed by atoms with Gasteiger partial charge in [0, 0.05) is 27.5 Å². The van der Waals surface area contributed by atoms with Gasteiger partial charge in [0.05, 0.1) is 5.69 Å². The Bertz CT molecular complexity index is 942. The number of amides is 2. The summed E-state index contributed by atoms with van der Waals surface area (Å²) < 4.78 is 0. The lowest BCUT2D eigenvalue weighted by molar-refractivity contribution is -0.115. The lowest BCUT2D eigenvalue weighted by atomic mass is 10.1. The maximum Gasteiger partial charge on any atom is 0.255 e. The van der Waals surface area contributed by atoms with E-state index in [0.29, 0.717) is 17.7 Å². The molecule has 5 heteroatoms. The van der Waals surface area contributed by atoms with Crippen LogP contribution in [0.15, 0.2) is 88.7 Å². The van der Waals surface area contributed by atoms with Gasteiger partial charge in [0.25, 0.3) is 5.91 Å². The van der Waals surface area contributed by atoms with Gasteiger partial charge in [-0.05, 0) is 42.5 Å². The molecule has 2 N–H and O–H groups in total. The first-order chi connectivity index (χ1) is 13.2. The average molecular weight is 376 g/mol. The van der Waals surface area contributed by atoms with Crippen LogP contribution < -0.4 is 10.6 Å². The van der Waals surface area contributed by atoms with Crippen molar-refractivity contribution < 1.29 is 9.59 Å². The van der Waals surface area contributed by atoms with Crippen LogP contribution in [0.25, 0.3) is 0 Å². The lowest BCUT2D eigenvalue weighted by Gasteiger charge is -2.11. The molecule has 0 unspecified atom stereocenters. The molecule has 136 valence electrons. The molecule has 0 heterocycles. The third kappa shape index (κ3) is 5.21. The number of rotatable bonds is 6. The number of carbonyl (C=O) groups excluding carboxylic acids is 2. The van der Waals surface area contributed by atoms with Crippen molar-refractivity contribution in [3.63, 3.8) is 0 Å². The van der Waals surface area contributed by atoms with E-state index in [1.807, 2.05) is 54.6 Å². The fraction of sp³-hybridized carbons (Fsp3) is 0.0909. The second-order valence-corrected chi connectivity index (χ2v) is 6.96. The van der Waals surface area contributed by atoms with Gasteiger partial charge in [-0.25, -0.2) is 0 Å². The molecule has 0 aromatic heterocycles. The summed E-state index contributed by atoms with van der Waals surface area (Å²) in [5, 5.41) is 5.74. The van der Waals surface area contributed by atoms with Crippen molar-refractivity contribution in [2.45, 2.75) is 23.1 Å². The molecular formula is C22H20N2O2S. The Morgan fingerprint density at radius 1 is 0.852 bits per heavy atom.